The first-order valence-corrected chi connectivity index (χ1v) is 3.63. The Bertz CT molecular complexity index is 162. The highest BCUT2D eigenvalue weighted by atomic mass is 16.6. The number of carbonyl (C=O) groups excluding carboxylic acids is 1. The molecule has 2 atom stereocenters. The zero-order chi connectivity index (χ0) is 7.14. The molecule has 3 nitrogen and oxygen atoms in total. The molecular formula is C7H10O3. The summed E-state index contributed by atoms with van der Waals surface area (Å²) in [4.78, 5) is 10.9. The van der Waals surface area contributed by atoms with Gasteiger partial charge in [0.05, 0.1) is 6.10 Å². The lowest BCUT2D eigenvalue weighted by molar-refractivity contribution is -0.146. The fourth-order valence-electron chi connectivity index (χ4n) is 0.850. The van der Waals surface area contributed by atoms with Crippen molar-refractivity contribution in [2.45, 2.75) is 38.1 Å². The van der Waals surface area contributed by atoms with E-state index in [9.17, 15) is 4.79 Å². The molecular weight excluding hydrogens is 132 g/mol. The smallest absolute Gasteiger partial charge is 0.338 e. The van der Waals surface area contributed by atoms with Crippen LogP contribution in [0.3, 0.4) is 0 Å². The maximum absolute atomic E-state index is 10.9. The highest BCUT2D eigenvalue weighted by Gasteiger charge is 2.44. The van der Waals surface area contributed by atoms with E-state index in [-0.39, 0.29) is 24.3 Å². The van der Waals surface area contributed by atoms with E-state index >= 15 is 0 Å². The Kier molecular flexibility index (Phi) is 1.20. The molecule has 0 N–H and O–H groups in total. The van der Waals surface area contributed by atoms with E-state index in [0.29, 0.717) is 0 Å². The van der Waals surface area contributed by atoms with Crippen molar-refractivity contribution in [1.29, 1.82) is 0 Å². The van der Waals surface area contributed by atoms with E-state index in [2.05, 4.69) is 0 Å². The Hall–Kier alpha value is -0.570. The number of esters is 1. The third kappa shape index (κ3) is 1.14. The van der Waals surface area contributed by atoms with E-state index in [1.165, 1.54) is 0 Å². The van der Waals surface area contributed by atoms with Crippen LogP contribution in [0.5, 0.6) is 0 Å². The van der Waals surface area contributed by atoms with Crippen LogP contribution in [0, 0.1) is 0 Å². The summed E-state index contributed by atoms with van der Waals surface area (Å²) in [5.74, 6) is -0.171. The summed E-state index contributed by atoms with van der Waals surface area (Å²) in [7, 11) is 0. The fourth-order valence-corrected chi connectivity index (χ4v) is 0.850. The van der Waals surface area contributed by atoms with Crippen LogP contribution in [0.4, 0.5) is 0 Å². The number of ether oxygens (including phenoxy) is 2. The predicted octanol–water partition coefficient (Wildman–Crippen LogP) is 0.479. The van der Waals surface area contributed by atoms with Gasteiger partial charge in [-0.15, -0.1) is 0 Å². The summed E-state index contributed by atoms with van der Waals surface area (Å²) in [5, 5.41) is 0. The van der Waals surface area contributed by atoms with Crippen LogP contribution in [0.1, 0.15) is 19.8 Å². The molecule has 1 heterocycles. The van der Waals surface area contributed by atoms with Crippen LogP contribution in [0.2, 0.25) is 0 Å². The maximum atomic E-state index is 10.9. The molecule has 1 saturated heterocycles. The van der Waals surface area contributed by atoms with Crippen LogP contribution in [0.15, 0.2) is 0 Å². The van der Waals surface area contributed by atoms with Crippen molar-refractivity contribution in [2.24, 2.45) is 0 Å². The van der Waals surface area contributed by atoms with Crippen molar-refractivity contribution in [3.05, 3.63) is 0 Å². The second-order valence-corrected chi connectivity index (χ2v) is 2.90. The summed E-state index contributed by atoms with van der Waals surface area (Å²) >= 11 is 0. The number of hydrogen-bond acceptors (Lipinski definition) is 3. The minimum Gasteiger partial charge on any atom is -0.460 e. The van der Waals surface area contributed by atoms with Gasteiger partial charge in [-0.1, -0.05) is 0 Å². The van der Waals surface area contributed by atoms with E-state index in [1.54, 1.807) is 0 Å². The Labute approximate surface area is 59.3 Å². The molecule has 56 valence electrons. The molecule has 1 aliphatic heterocycles. The SMILES string of the molecule is CC1OC1C(=O)OC1CC1. The molecule has 0 radical (unpaired) electrons. The first kappa shape index (κ1) is 6.16. The summed E-state index contributed by atoms with van der Waals surface area (Å²) < 4.78 is 9.92. The molecule has 1 aliphatic carbocycles. The summed E-state index contributed by atoms with van der Waals surface area (Å²) in [6.45, 7) is 1.87. The Morgan fingerprint density at radius 1 is 1.60 bits per heavy atom. The third-order valence-electron chi connectivity index (χ3n) is 1.75. The zero-order valence-corrected chi connectivity index (χ0v) is 5.87. The quantitative estimate of drug-likeness (QED) is 0.416. The Morgan fingerprint density at radius 2 is 2.20 bits per heavy atom. The van der Waals surface area contributed by atoms with E-state index in [4.69, 9.17) is 9.47 Å². The topological polar surface area (TPSA) is 38.8 Å². The van der Waals surface area contributed by atoms with E-state index in [0.717, 1.165) is 12.8 Å². The van der Waals surface area contributed by atoms with Gasteiger partial charge in [0.1, 0.15) is 6.10 Å². The van der Waals surface area contributed by atoms with Gasteiger partial charge in [-0.25, -0.2) is 4.79 Å². The number of hydrogen-bond donors (Lipinski definition) is 0. The minimum absolute atomic E-state index is 0.0891. The summed E-state index contributed by atoms with van der Waals surface area (Å²) in [6, 6.07) is 0. The number of rotatable bonds is 2. The highest BCUT2D eigenvalue weighted by Crippen LogP contribution is 2.28. The standard InChI is InChI=1S/C7H10O3/c1-4-6(9-4)7(8)10-5-2-3-5/h4-6H,2-3H2,1H3. The van der Waals surface area contributed by atoms with Gasteiger partial charge in [0.2, 0.25) is 0 Å². The molecule has 2 unspecified atom stereocenters. The maximum Gasteiger partial charge on any atom is 0.338 e. The van der Waals surface area contributed by atoms with Gasteiger partial charge in [-0.2, -0.15) is 0 Å². The molecule has 0 aromatic heterocycles. The molecule has 0 aromatic carbocycles. The highest BCUT2D eigenvalue weighted by molar-refractivity contribution is 5.78. The van der Waals surface area contributed by atoms with Crippen molar-refractivity contribution >= 4 is 5.97 Å². The molecule has 0 bridgehead atoms. The fraction of sp³-hybridized carbons (Fsp3) is 0.857. The molecule has 0 aromatic rings. The monoisotopic (exact) mass is 142 g/mol. The van der Waals surface area contributed by atoms with E-state index < -0.39 is 0 Å². The van der Waals surface area contributed by atoms with Gasteiger partial charge in [-0.05, 0) is 19.8 Å². The first-order chi connectivity index (χ1) is 4.77. The van der Waals surface area contributed by atoms with Gasteiger partial charge in [-0.3, -0.25) is 0 Å². The first-order valence-electron chi connectivity index (χ1n) is 3.63. The van der Waals surface area contributed by atoms with Gasteiger partial charge in [0, 0.05) is 0 Å². The van der Waals surface area contributed by atoms with Crippen LogP contribution < -0.4 is 0 Å². The minimum atomic E-state index is -0.249. The molecule has 0 spiro atoms. The molecule has 2 fully saturated rings. The van der Waals surface area contributed by atoms with Crippen molar-refractivity contribution in [2.75, 3.05) is 0 Å². The van der Waals surface area contributed by atoms with Crippen LogP contribution in [-0.4, -0.2) is 24.3 Å². The molecule has 2 aliphatic rings. The largest absolute Gasteiger partial charge is 0.460 e. The van der Waals surface area contributed by atoms with Gasteiger partial charge < -0.3 is 9.47 Å². The third-order valence-corrected chi connectivity index (χ3v) is 1.75. The van der Waals surface area contributed by atoms with Crippen molar-refractivity contribution < 1.29 is 14.3 Å². The van der Waals surface area contributed by atoms with Crippen LogP contribution in [-0.2, 0) is 14.3 Å². The molecule has 2 rings (SSSR count). The van der Waals surface area contributed by atoms with Crippen LogP contribution in [0.25, 0.3) is 0 Å². The number of carbonyl (C=O) groups is 1. The Balaban J connectivity index is 1.76. The molecule has 0 amide bonds. The van der Waals surface area contributed by atoms with Gasteiger partial charge in [0.25, 0.3) is 0 Å². The summed E-state index contributed by atoms with van der Waals surface area (Å²) in [5.41, 5.74) is 0. The normalized spacial score (nSPS) is 37.3. The zero-order valence-electron chi connectivity index (χ0n) is 5.87. The number of epoxide rings is 1. The Morgan fingerprint density at radius 3 is 2.60 bits per heavy atom. The second kappa shape index (κ2) is 1.95. The molecule has 3 heteroatoms. The predicted molar refractivity (Wildman–Crippen MR) is 33.4 cm³/mol. The van der Waals surface area contributed by atoms with Crippen molar-refractivity contribution in [3.63, 3.8) is 0 Å². The molecule has 1 saturated carbocycles. The lowest BCUT2D eigenvalue weighted by Crippen LogP contribution is -2.14. The van der Waals surface area contributed by atoms with Gasteiger partial charge in [0.15, 0.2) is 6.10 Å². The van der Waals surface area contributed by atoms with Gasteiger partial charge >= 0.3 is 5.97 Å². The van der Waals surface area contributed by atoms with Crippen molar-refractivity contribution in [1.82, 2.24) is 0 Å². The average molecular weight is 142 g/mol. The second-order valence-electron chi connectivity index (χ2n) is 2.90. The average Bonchev–Trinajstić information content (AvgIpc) is 2.66. The molecule has 10 heavy (non-hydrogen) atoms. The lowest BCUT2D eigenvalue weighted by atomic mass is 10.3. The van der Waals surface area contributed by atoms with E-state index in [1.807, 2.05) is 6.92 Å². The van der Waals surface area contributed by atoms with Crippen molar-refractivity contribution in [3.8, 4) is 0 Å². The van der Waals surface area contributed by atoms with Crippen LogP contribution >= 0.6 is 0 Å². The summed E-state index contributed by atoms with van der Waals surface area (Å²) in [6.07, 6.45) is 2.12. The lowest BCUT2D eigenvalue weighted by Gasteiger charge is -1.96.